The van der Waals surface area contributed by atoms with Gasteiger partial charge in [0.25, 0.3) is 0 Å². The number of aliphatic hydroxyl groups is 1. The normalized spacial score (nSPS) is 12.9. The lowest BCUT2D eigenvalue weighted by molar-refractivity contribution is 0.251. The first-order valence-corrected chi connectivity index (χ1v) is 4.51. The molecule has 1 atom stereocenters. The van der Waals surface area contributed by atoms with Crippen molar-refractivity contribution in [2.45, 2.75) is 6.04 Å². The molecule has 1 rings (SSSR count). The number of hydrogen-bond donors (Lipinski definition) is 3. The number of nitrogens with one attached hydrogen (secondary N) is 1. The van der Waals surface area contributed by atoms with Crippen LogP contribution < -0.4 is 11.1 Å². The van der Waals surface area contributed by atoms with E-state index in [1.807, 2.05) is 0 Å². The van der Waals surface area contributed by atoms with E-state index in [2.05, 4.69) is 5.32 Å². The summed E-state index contributed by atoms with van der Waals surface area (Å²) in [5.74, 6) is -0.641. The minimum absolute atomic E-state index is 0.00606. The molecule has 14 heavy (non-hydrogen) atoms. The Morgan fingerprint density at radius 3 is 2.79 bits per heavy atom. The van der Waals surface area contributed by atoms with Crippen LogP contribution >= 0.6 is 11.6 Å². The second-order valence-electron chi connectivity index (χ2n) is 2.90. The first kappa shape index (κ1) is 11.2. The molecule has 0 aliphatic carbocycles. The van der Waals surface area contributed by atoms with Gasteiger partial charge >= 0.3 is 0 Å². The Morgan fingerprint density at radius 1 is 1.64 bits per heavy atom. The lowest BCUT2D eigenvalue weighted by Crippen LogP contribution is -2.20. The Labute approximate surface area is 86.7 Å². The van der Waals surface area contributed by atoms with Crippen molar-refractivity contribution in [1.82, 2.24) is 5.32 Å². The number of nitrogens with two attached hydrogens (primary N) is 1. The molecule has 0 radical (unpaired) electrons. The van der Waals surface area contributed by atoms with Crippen LogP contribution in [-0.4, -0.2) is 18.8 Å². The van der Waals surface area contributed by atoms with Crippen LogP contribution in [0.1, 0.15) is 11.6 Å². The first-order chi connectivity index (χ1) is 6.61. The molecule has 0 aromatic heterocycles. The predicted octanol–water partition coefficient (Wildman–Crippen LogP) is 1.31. The third-order valence-corrected chi connectivity index (χ3v) is 2.43. The highest BCUT2D eigenvalue weighted by Crippen LogP contribution is 2.28. The predicted molar refractivity (Wildman–Crippen MR) is 54.7 cm³/mol. The van der Waals surface area contributed by atoms with Crippen LogP contribution in [0.25, 0.3) is 0 Å². The van der Waals surface area contributed by atoms with E-state index >= 15 is 0 Å². The quantitative estimate of drug-likeness (QED) is 0.671. The summed E-state index contributed by atoms with van der Waals surface area (Å²) in [7, 11) is 1.66. The number of hydrogen-bond acceptors (Lipinski definition) is 3. The molecule has 0 aliphatic rings. The monoisotopic (exact) mass is 218 g/mol. The zero-order chi connectivity index (χ0) is 10.7. The van der Waals surface area contributed by atoms with E-state index in [9.17, 15) is 4.39 Å². The molecule has 0 unspecified atom stereocenters. The molecule has 0 saturated carbocycles. The van der Waals surface area contributed by atoms with Gasteiger partial charge in [0.15, 0.2) is 5.82 Å². The second-order valence-corrected chi connectivity index (χ2v) is 3.27. The lowest BCUT2D eigenvalue weighted by atomic mass is 10.1. The van der Waals surface area contributed by atoms with Gasteiger partial charge in [0.2, 0.25) is 0 Å². The van der Waals surface area contributed by atoms with Crippen LogP contribution in [0.5, 0.6) is 0 Å². The van der Waals surface area contributed by atoms with Crippen LogP contribution in [-0.2, 0) is 0 Å². The van der Waals surface area contributed by atoms with Crippen molar-refractivity contribution in [3.05, 3.63) is 28.5 Å². The maximum Gasteiger partial charge on any atom is 0.164 e. The van der Waals surface area contributed by atoms with Gasteiger partial charge in [0.1, 0.15) is 0 Å². The third-order valence-electron chi connectivity index (χ3n) is 2.05. The van der Waals surface area contributed by atoms with Crippen molar-refractivity contribution in [1.29, 1.82) is 0 Å². The summed E-state index contributed by atoms with van der Waals surface area (Å²) in [5.41, 5.74) is 5.84. The molecular weight excluding hydrogens is 207 g/mol. The van der Waals surface area contributed by atoms with Crippen molar-refractivity contribution < 1.29 is 9.50 Å². The molecule has 0 fully saturated rings. The van der Waals surface area contributed by atoms with Crippen molar-refractivity contribution >= 4 is 17.3 Å². The van der Waals surface area contributed by atoms with E-state index in [-0.39, 0.29) is 23.4 Å². The maximum absolute atomic E-state index is 13.3. The molecular formula is C9H12ClFN2O. The molecule has 0 spiro atoms. The summed E-state index contributed by atoms with van der Waals surface area (Å²) >= 11 is 5.74. The average Bonchev–Trinajstić information content (AvgIpc) is 2.19. The fraction of sp³-hybridized carbons (Fsp3) is 0.333. The van der Waals surface area contributed by atoms with Gasteiger partial charge < -0.3 is 16.2 Å². The summed E-state index contributed by atoms with van der Waals surface area (Å²) in [5, 5.41) is 11.8. The van der Waals surface area contributed by atoms with Gasteiger partial charge in [-0.1, -0.05) is 17.7 Å². The molecule has 0 saturated heterocycles. The number of aliphatic hydroxyl groups excluding tert-OH is 1. The van der Waals surface area contributed by atoms with E-state index < -0.39 is 5.82 Å². The molecule has 0 aliphatic heterocycles. The van der Waals surface area contributed by atoms with Gasteiger partial charge in [-0.25, -0.2) is 4.39 Å². The van der Waals surface area contributed by atoms with Crippen molar-refractivity contribution in [3.8, 4) is 0 Å². The number of likely N-dealkylation sites (N-methyl/N-ethyl adjacent to an activating group) is 1. The van der Waals surface area contributed by atoms with E-state index in [4.69, 9.17) is 22.4 Å². The van der Waals surface area contributed by atoms with Crippen molar-refractivity contribution in [2.75, 3.05) is 19.4 Å². The number of anilines is 1. The standard InChI is InChI=1S/C9H12ClFN2O/c1-13-7(4-14)5-2-3-6(12)9(11)8(5)10/h2-3,7,13-14H,4,12H2,1H3/t7-/m1/s1. The first-order valence-electron chi connectivity index (χ1n) is 4.13. The van der Waals surface area contributed by atoms with E-state index in [0.717, 1.165) is 0 Å². The SMILES string of the molecule is CN[C@H](CO)c1ccc(N)c(F)c1Cl. The Kier molecular flexibility index (Phi) is 3.69. The topological polar surface area (TPSA) is 58.3 Å². The van der Waals surface area contributed by atoms with Gasteiger partial charge in [-0.3, -0.25) is 0 Å². The Bertz CT molecular complexity index is 329. The van der Waals surface area contributed by atoms with Gasteiger partial charge in [-0.05, 0) is 18.7 Å². The molecule has 4 N–H and O–H groups in total. The molecule has 0 bridgehead atoms. The second kappa shape index (κ2) is 4.59. The van der Waals surface area contributed by atoms with E-state index in [0.29, 0.717) is 5.56 Å². The average molecular weight is 219 g/mol. The summed E-state index contributed by atoms with van der Waals surface area (Å²) < 4.78 is 13.3. The highest BCUT2D eigenvalue weighted by Gasteiger charge is 2.16. The van der Waals surface area contributed by atoms with Crippen molar-refractivity contribution in [2.24, 2.45) is 0 Å². The number of nitrogen functional groups attached to an aromatic ring is 1. The zero-order valence-electron chi connectivity index (χ0n) is 7.72. The van der Waals surface area contributed by atoms with Crippen LogP contribution in [0.15, 0.2) is 12.1 Å². The summed E-state index contributed by atoms with van der Waals surface area (Å²) in [4.78, 5) is 0. The van der Waals surface area contributed by atoms with Crippen molar-refractivity contribution in [3.63, 3.8) is 0 Å². The number of rotatable bonds is 3. The molecule has 3 nitrogen and oxygen atoms in total. The highest BCUT2D eigenvalue weighted by atomic mass is 35.5. The molecule has 5 heteroatoms. The number of benzene rings is 1. The summed E-state index contributed by atoms with van der Waals surface area (Å²) in [6.45, 7) is -0.153. The van der Waals surface area contributed by atoms with Gasteiger partial charge in [-0.15, -0.1) is 0 Å². The summed E-state index contributed by atoms with van der Waals surface area (Å²) in [6, 6.07) is 2.65. The fourth-order valence-electron chi connectivity index (χ4n) is 1.19. The summed E-state index contributed by atoms with van der Waals surface area (Å²) in [6.07, 6.45) is 0. The molecule has 1 aromatic carbocycles. The van der Waals surface area contributed by atoms with E-state index in [1.54, 1.807) is 13.1 Å². The molecule has 78 valence electrons. The van der Waals surface area contributed by atoms with Crippen LogP contribution in [0.4, 0.5) is 10.1 Å². The van der Waals surface area contributed by atoms with E-state index in [1.165, 1.54) is 6.07 Å². The number of halogens is 2. The minimum Gasteiger partial charge on any atom is -0.396 e. The van der Waals surface area contributed by atoms with Crippen LogP contribution in [0.3, 0.4) is 0 Å². The van der Waals surface area contributed by atoms with Crippen LogP contribution in [0.2, 0.25) is 5.02 Å². The Balaban J connectivity index is 3.16. The smallest absolute Gasteiger partial charge is 0.164 e. The van der Waals surface area contributed by atoms with Gasteiger partial charge in [-0.2, -0.15) is 0 Å². The largest absolute Gasteiger partial charge is 0.396 e. The van der Waals surface area contributed by atoms with Crippen LogP contribution in [0, 0.1) is 5.82 Å². The fourth-order valence-corrected chi connectivity index (χ4v) is 1.50. The Hall–Kier alpha value is -0.840. The third kappa shape index (κ3) is 1.97. The molecule has 0 heterocycles. The molecule has 0 amide bonds. The van der Waals surface area contributed by atoms with Gasteiger partial charge in [0.05, 0.1) is 23.4 Å². The molecule has 1 aromatic rings. The minimum atomic E-state index is -0.641. The zero-order valence-corrected chi connectivity index (χ0v) is 8.48. The maximum atomic E-state index is 13.3. The highest BCUT2D eigenvalue weighted by molar-refractivity contribution is 6.31. The van der Waals surface area contributed by atoms with Gasteiger partial charge in [0, 0.05) is 0 Å². The Morgan fingerprint density at radius 2 is 2.29 bits per heavy atom. The lowest BCUT2D eigenvalue weighted by Gasteiger charge is -2.15.